The van der Waals surface area contributed by atoms with Crippen LogP contribution in [-0.2, 0) is 9.53 Å². The van der Waals surface area contributed by atoms with Crippen LogP contribution in [0.3, 0.4) is 0 Å². The van der Waals surface area contributed by atoms with Crippen molar-refractivity contribution in [2.24, 2.45) is 0 Å². The fourth-order valence-corrected chi connectivity index (χ4v) is 5.27. The Kier molecular flexibility index (Phi) is 8.23. The fraction of sp³-hybridized carbons (Fsp3) is 0.520. The predicted octanol–water partition coefficient (Wildman–Crippen LogP) is 2.24. The van der Waals surface area contributed by atoms with Crippen LogP contribution in [0.1, 0.15) is 30.7 Å². The molecule has 5 rings (SSSR count). The Balaban J connectivity index is 1.35. The fourth-order valence-electron chi connectivity index (χ4n) is 4.61. The monoisotopic (exact) mass is 540 g/mol. The van der Waals surface area contributed by atoms with Crippen LogP contribution in [0, 0.1) is 6.92 Å². The van der Waals surface area contributed by atoms with Crippen LogP contribution in [0.25, 0.3) is 6.08 Å². The van der Waals surface area contributed by atoms with Crippen molar-refractivity contribution in [2.75, 3.05) is 74.3 Å². The van der Waals surface area contributed by atoms with Gasteiger partial charge in [0, 0.05) is 64.2 Å². The summed E-state index contributed by atoms with van der Waals surface area (Å²) in [4.78, 5) is 49.6. The standard InChI is InChI=1S/C25H32N8O4S/c1-17-14-20(28-23(26-17)32-6-3-4-7-32)31-8-5-9-33(11-10-31)24-27-18(15-19-22(34)30-25(35)38-19)16-21(29-24)37-13-12-36-2/h14-16H,3-13H2,1-2H3,(H,30,34,35). The third-order valence-electron chi connectivity index (χ3n) is 6.49. The van der Waals surface area contributed by atoms with Gasteiger partial charge < -0.3 is 24.2 Å². The summed E-state index contributed by atoms with van der Waals surface area (Å²) in [5.74, 6) is 2.23. The summed E-state index contributed by atoms with van der Waals surface area (Å²) in [6, 6.07) is 3.71. The largest absolute Gasteiger partial charge is 0.475 e. The third kappa shape index (κ3) is 6.33. The van der Waals surface area contributed by atoms with E-state index >= 15 is 0 Å². The Labute approximate surface area is 225 Å². The molecule has 2 aromatic rings. The summed E-state index contributed by atoms with van der Waals surface area (Å²) in [5, 5.41) is 1.88. The Bertz CT molecular complexity index is 1220. The number of hydrogen-bond donors (Lipinski definition) is 1. The first-order valence-electron chi connectivity index (χ1n) is 12.8. The molecule has 3 aliphatic heterocycles. The van der Waals surface area contributed by atoms with Gasteiger partial charge in [0.25, 0.3) is 11.1 Å². The molecule has 38 heavy (non-hydrogen) atoms. The van der Waals surface area contributed by atoms with Crippen molar-refractivity contribution >= 4 is 46.7 Å². The molecule has 0 saturated carbocycles. The Morgan fingerprint density at radius 1 is 0.895 bits per heavy atom. The molecule has 0 radical (unpaired) electrons. The minimum absolute atomic E-state index is 0.289. The maximum absolute atomic E-state index is 12.1. The molecule has 1 N–H and O–H groups in total. The van der Waals surface area contributed by atoms with E-state index in [-0.39, 0.29) is 4.91 Å². The minimum atomic E-state index is -0.430. The molecule has 202 valence electrons. The van der Waals surface area contributed by atoms with Crippen molar-refractivity contribution in [1.29, 1.82) is 0 Å². The molecule has 3 saturated heterocycles. The average molecular weight is 541 g/mol. The van der Waals surface area contributed by atoms with Crippen molar-refractivity contribution in [3.63, 3.8) is 0 Å². The first kappa shape index (κ1) is 26.2. The predicted molar refractivity (Wildman–Crippen MR) is 146 cm³/mol. The molecule has 3 fully saturated rings. The highest BCUT2D eigenvalue weighted by Gasteiger charge is 2.26. The summed E-state index contributed by atoms with van der Waals surface area (Å²) < 4.78 is 10.9. The SMILES string of the molecule is COCCOc1cc(C=C2SC(=O)NC2=O)nc(N2CCCN(c3cc(C)nc(N4CCCC4)n3)CC2)n1. The van der Waals surface area contributed by atoms with E-state index in [1.165, 1.54) is 12.8 Å². The number of thioether (sulfide) groups is 1. The molecular weight excluding hydrogens is 508 g/mol. The molecular formula is C25H32N8O4S. The second kappa shape index (κ2) is 11.9. The lowest BCUT2D eigenvalue weighted by molar-refractivity contribution is -0.115. The number of nitrogens with zero attached hydrogens (tertiary/aromatic N) is 7. The van der Waals surface area contributed by atoms with Gasteiger partial charge in [-0.3, -0.25) is 14.9 Å². The highest BCUT2D eigenvalue weighted by atomic mass is 32.2. The van der Waals surface area contributed by atoms with E-state index in [4.69, 9.17) is 19.4 Å². The van der Waals surface area contributed by atoms with E-state index in [0.29, 0.717) is 37.3 Å². The quantitative estimate of drug-likeness (QED) is 0.390. The van der Waals surface area contributed by atoms with Gasteiger partial charge in [0.2, 0.25) is 17.8 Å². The van der Waals surface area contributed by atoms with Gasteiger partial charge in [-0.25, -0.2) is 9.97 Å². The number of nitrogens with one attached hydrogen (secondary N) is 1. The highest BCUT2D eigenvalue weighted by Crippen LogP contribution is 2.27. The summed E-state index contributed by atoms with van der Waals surface area (Å²) in [5.41, 5.74) is 1.46. The Hall–Kier alpha value is -3.45. The van der Waals surface area contributed by atoms with Gasteiger partial charge in [0.05, 0.1) is 17.2 Å². The number of hydrogen-bond acceptors (Lipinski definition) is 12. The Morgan fingerprint density at radius 3 is 2.37 bits per heavy atom. The zero-order valence-electron chi connectivity index (χ0n) is 21.7. The van der Waals surface area contributed by atoms with E-state index in [9.17, 15) is 9.59 Å². The highest BCUT2D eigenvalue weighted by molar-refractivity contribution is 8.18. The van der Waals surface area contributed by atoms with E-state index < -0.39 is 11.1 Å². The van der Waals surface area contributed by atoms with Crippen molar-refractivity contribution < 1.29 is 19.1 Å². The van der Waals surface area contributed by atoms with Crippen molar-refractivity contribution in [1.82, 2.24) is 25.3 Å². The van der Waals surface area contributed by atoms with Gasteiger partial charge in [-0.05, 0) is 44.0 Å². The normalized spacial score (nSPS) is 19.3. The van der Waals surface area contributed by atoms with E-state index in [2.05, 4.69) is 30.0 Å². The number of aromatic nitrogens is 4. The minimum Gasteiger partial charge on any atom is -0.475 e. The molecule has 0 bridgehead atoms. The first-order chi connectivity index (χ1) is 18.5. The zero-order chi connectivity index (χ0) is 26.5. The molecule has 0 unspecified atom stereocenters. The van der Waals surface area contributed by atoms with Gasteiger partial charge in [-0.15, -0.1) is 0 Å². The number of anilines is 3. The molecule has 2 amide bonds. The molecule has 0 aromatic carbocycles. The van der Waals surface area contributed by atoms with Crippen LogP contribution in [-0.4, -0.2) is 90.7 Å². The van der Waals surface area contributed by atoms with Crippen molar-refractivity contribution in [3.05, 3.63) is 28.4 Å². The molecule has 0 atom stereocenters. The molecule has 12 nitrogen and oxygen atoms in total. The lowest BCUT2D eigenvalue weighted by Crippen LogP contribution is -2.32. The zero-order valence-corrected chi connectivity index (χ0v) is 22.5. The molecule has 0 aliphatic carbocycles. The molecule has 0 spiro atoms. The average Bonchev–Trinajstić information content (AvgIpc) is 3.46. The van der Waals surface area contributed by atoms with Gasteiger partial charge in [-0.1, -0.05) is 0 Å². The van der Waals surface area contributed by atoms with Crippen LogP contribution >= 0.6 is 11.8 Å². The number of ether oxygens (including phenoxy) is 2. The summed E-state index contributed by atoms with van der Waals surface area (Å²) in [7, 11) is 1.60. The number of carbonyl (C=O) groups excluding carboxylic acids is 2. The van der Waals surface area contributed by atoms with E-state index in [1.54, 1.807) is 19.3 Å². The van der Waals surface area contributed by atoms with Gasteiger partial charge in [0.1, 0.15) is 12.4 Å². The number of amides is 2. The number of methoxy groups -OCH3 is 1. The molecule has 2 aromatic heterocycles. The van der Waals surface area contributed by atoms with Gasteiger partial charge in [-0.2, -0.15) is 9.97 Å². The molecule has 13 heteroatoms. The summed E-state index contributed by atoms with van der Waals surface area (Å²) in [6.07, 6.45) is 4.84. The second-order valence-corrected chi connectivity index (χ2v) is 10.3. The first-order valence-corrected chi connectivity index (χ1v) is 13.7. The van der Waals surface area contributed by atoms with Crippen LogP contribution in [0.4, 0.5) is 22.5 Å². The molecule has 5 heterocycles. The summed E-state index contributed by atoms with van der Waals surface area (Å²) in [6.45, 7) is 7.81. The van der Waals surface area contributed by atoms with Gasteiger partial charge in [0.15, 0.2) is 0 Å². The number of aryl methyl sites for hydroxylation is 1. The van der Waals surface area contributed by atoms with Crippen molar-refractivity contribution in [2.45, 2.75) is 26.2 Å². The van der Waals surface area contributed by atoms with E-state index in [0.717, 1.165) is 68.4 Å². The van der Waals surface area contributed by atoms with Crippen LogP contribution in [0.5, 0.6) is 5.88 Å². The maximum Gasteiger partial charge on any atom is 0.290 e. The number of imide groups is 1. The van der Waals surface area contributed by atoms with Crippen LogP contribution in [0.15, 0.2) is 17.0 Å². The smallest absolute Gasteiger partial charge is 0.290 e. The van der Waals surface area contributed by atoms with E-state index in [1.807, 2.05) is 13.0 Å². The van der Waals surface area contributed by atoms with Crippen LogP contribution in [0.2, 0.25) is 0 Å². The number of carbonyl (C=O) groups is 2. The lowest BCUT2D eigenvalue weighted by atomic mass is 10.3. The topological polar surface area (TPSA) is 126 Å². The van der Waals surface area contributed by atoms with Gasteiger partial charge >= 0.3 is 0 Å². The Morgan fingerprint density at radius 2 is 1.61 bits per heavy atom. The molecule has 3 aliphatic rings. The second-order valence-electron chi connectivity index (χ2n) is 9.31. The summed E-state index contributed by atoms with van der Waals surface area (Å²) >= 11 is 0.854. The van der Waals surface area contributed by atoms with Crippen LogP contribution < -0.4 is 24.8 Å². The maximum atomic E-state index is 12.1. The third-order valence-corrected chi connectivity index (χ3v) is 7.30. The number of rotatable bonds is 8. The lowest BCUT2D eigenvalue weighted by Gasteiger charge is -2.25. The van der Waals surface area contributed by atoms with Crippen molar-refractivity contribution in [3.8, 4) is 5.88 Å².